The third-order valence-corrected chi connectivity index (χ3v) is 5.51. The Kier molecular flexibility index (Phi) is 5.89. The van der Waals surface area contributed by atoms with Crippen LogP contribution >= 0.6 is 11.8 Å². The summed E-state index contributed by atoms with van der Waals surface area (Å²) in [6.45, 7) is 2.27. The predicted molar refractivity (Wildman–Crippen MR) is 87.9 cm³/mol. The lowest BCUT2D eigenvalue weighted by Gasteiger charge is -2.27. The first-order valence-corrected chi connectivity index (χ1v) is 8.58. The summed E-state index contributed by atoms with van der Waals surface area (Å²) < 4.78 is -0.399. The number of benzene rings is 1. The second-order valence-electron chi connectivity index (χ2n) is 6.03. The van der Waals surface area contributed by atoms with Crippen molar-refractivity contribution in [2.24, 2.45) is 5.92 Å². The molecule has 0 saturated heterocycles. The van der Waals surface area contributed by atoms with E-state index in [1.807, 2.05) is 37.3 Å². The van der Waals surface area contributed by atoms with E-state index in [1.165, 1.54) is 0 Å². The van der Waals surface area contributed by atoms with Crippen molar-refractivity contribution in [2.45, 2.75) is 48.7 Å². The Morgan fingerprint density at radius 2 is 1.91 bits per heavy atom. The van der Waals surface area contributed by atoms with Crippen LogP contribution in [0.2, 0.25) is 0 Å². The molecule has 5 heteroatoms. The Balaban J connectivity index is 1.98. The van der Waals surface area contributed by atoms with E-state index in [-0.39, 0.29) is 18.2 Å². The maximum absolute atomic E-state index is 12.7. The fraction of sp³-hybridized carbons (Fsp3) is 0.529. The van der Waals surface area contributed by atoms with Gasteiger partial charge in [-0.2, -0.15) is 0 Å². The van der Waals surface area contributed by atoms with Gasteiger partial charge in [0, 0.05) is 17.9 Å². The summed E-state index contributed by atoms with van der Waals surface area (Å²) >= 11 is 1.64. The van der Waals surface area contributed by atoms with E-state index in [9.17, 15) is 9.59 Å². The molecule has 1 aromatic rings. The largest absolute Gasteiger partial charge is 0.481 e. The Bertz CT molecular complexity index is 512. The molecular formula is C17H23NO3S. The van der Waals surface area contributed by atoms with Crippen molar-refractivity contribution in [1.29, 1.82) is 0 Å². The molecule has 4 nitrogen and oxygen atoms in total. The molecule has 0 aromatic heterocycles. The van der Waals surface area contributed by atoms with E-state index < -0.39 is 10.7 Å². The van der Waals surface area contributed by atoms with E-state index in [4.69, 9.17) is 5.11 Å². The molecule has 22 heavy (non-hydrogen) atoms. The number of hydrogen-bond donors (Lipinski definition) is 2. The summed E-state index contributed by atoms with van der Waals surface area (Å²) in [6, 6.07) is 10.0. The third-order valence-electron chi connectivity index (χ3n) is 4.02. The van der Waals surface area contributed by atoms with Gasteiger partial charge < -0.3 is 10.4 Å². The average molecular weight is 321 g/mol. The molecule has 1 fully saturated rings. The molecule has 1 aromatic carbocycles. The number of thioether (sulfide) groups is 1. The van der Waals surface area contributed by atoms with Gasteiger partial charge in [-0.05, 0) is 30.9 Å². The zero-order valence-electron chi connectivity index (χ0n) is 12.9. The predicted octanol–water partition coefficient (Wildman–Crippen LogP) is 3.32. The lowest BCUT2D eigenvalue weighted by molar-refractivity contribution is -0.138. The van der Waals surface area contributed by atoms with Gasteiger partial charge in [0.05, 0.1) is 4.75 Å². The van der Waals surface area contributed by atoms with Crippen molar-refractivity contribution in [3.05, 3.63) is 30.3 Å². The molecule has 0 heterocycles. The minimum absolute atomic E-state index is 0.0519. The fourth-order valence-corrected chi connectivity index (χ4v) is 4.24. The molecule has 0 bridgehead atoms. The first-order valence-electron chi connectivity index (χ1n) is 7.76. The number of amides is 1. The molecule has 1 saturated carbocycles. The van der Waals surface area contributed by atoms with Crippen molar-refractivity contribution in [3.8, 4) is 0 Å². The topological polar surface area (TPSA) is 66.4 Å². The van der Waals surface area contributed by atoms with Crippen LogP contribution in [0.5, 0.6) is 0 Å². The van der Waals surface area contributed by atoms with Crippen LogP contribution in [-0.4, -0.2) is 28.3 Å². The van der Waals surface area contributed by atoms with Crippen LogP contribution in [0.25, 0.3) is 0 Å². The summed E-state index contributed by atoms with van der Waals surface area (Å²) in [5, 5.41) is 11.8. The summed E-state index contributed by atoms with van der Waals surface area (Å²) in [5.74, 6) is -0.825. The molecule has 1 aliphatic rings. The van der Waals surface area contributed by atoms with Gasteiger partial charge in [0.2, 0.25) is 5.91 Å². The second-order valence-corrected chi connectivity index (χ2v) is 7.49. The molecule has 1 amide bonds. The van der Waals surface area contributed by atoms with Gasteiger partial charge in [-0.15, -0.1) is 11.8 Å². The summed E-state index contributed by atoms with van der Waals surface area (Å²) in [6.07, 6.45) is 3.98. The van der Waals surface area contributed by atoms with E-state index in [2.05, 4.69) is 5.32 Å². The highest BCUT2D eigenvalue weighted by molar-refractivity contribution is 8.01. The number of carboxylic acids is 1. The van der Waals surface area contributed by atoms with Gasteiger partial charge in [0.1, 0.15) is 0 Å². The maximum atomic E-state index is 12.7. The molecule has 1 atom stereocenters. The smallest absolute Gasteiger partial charge is 0.303 e. The van der Waals surface area contributed by atoms with Crippen LogP contribution < -0.4 is 5.32 Å². The first kappa shape index (κ1) is 16.9. The second kappa shape index (κ2) is 7.68. The zero-order valence-corrected chi connectivity index (χ0v) is 13.7. The van der Waals surface area contributed by atoms with Gasteiger partial charge in [0.25, 0.3) is 0 Å². The quantitative estimate of drug-likeness (QED) is 0.808. The van der Waals surface area contributed by atoms with Gasteiger partial charge >= 0.3 is 5.97 Å². The molecule has 0 radical (unpaired) electrons. The van der Waals surface area contributed by atoms with Crippen LogP contribution in [0.4, 0.5) is 0 Å². The molecule has 1 aliphatic carbocycles. The molecule has 0 spiro atoms. The van der Waals surface area contributed by atoms with Gasteiger partial charge in [-0.3, -0.25) is 9.59 Å². The van der Waals surface area contributed by atoms with E-state index >= 15 is 0 Å². The minimum atomic E-state index is -0.823. The van der Waals surface area contributed by atoms with Crippen LogP contribution in [0.1, 0.15) is 39.0 Å². The average Bonchev–Trinajstić information content (AvgIpc) is 2.95. The lowest BCUT2D eigenvalue weighted by atomic mass is 10.0. The van der Waals surface area contributed by atoms with Crippen LogP contribution in [0, 0.1) is 5.92 Å². The van der Waals surface area contributed by atoms with Crippen LogP contribution in [-0.2, 0) is 9.59 Å². The SMILES string of the molecule is CC(CNC(=O)C1(Sc2ccccc2)CCCC1)CC(=O)O. The zero-order chi connectivity index (χ0) is 16.0. The van der Waals surface area contributed by atoms with Crippen LogP contribution in [0.15, 0.2) is 35.2 Å². The third kappa shape index (κ3) is 4.50. The molecule has 0 aliphatic heterocycles. The number of carboxylic acid groups (broad SMARTS) is 1. The number of hydrogen-bond acceptors (Lipinski definition) is 3. The Morgan fingerprint density at radius 3 is 2.50 bits per heavy atom. The standard InChI is InChI=1S/C17H23NO3S/c1-13(11-15(19)20)12-18-16(21)17(9-5-6-10-17)22-14-7-3-2-4-8-14/h2-4,7-8,13H,5-6,9-12H2,1H3,(H,18,21)(H,19,20). The molecule has 2 rings (SSSR count). The summed E-state index contributed by atoms with van der Waals surface area (Å²) in [4.78, 5) is 24.5. The van der Waals surface area contributed by atoms with Crippen molar-refractivity contribution < 1.29 is 14.7 Å². The monoisotopic (exact) mass is 321 g/mol. The molecular weight excluding hydrogens is 298 g/mol. The fourth-order valence-electron chi connectivity index (χ4n) is 2.83. The van der Waals surface area contributed by atoms with Crippen molar-refractivity contribution in [2.75, 3.05) is 6.54 Å². The van der Waals surface area contributed by atoms with Gasteiger partial charge in [0.15, 0.2) is 0 Å². The maximum Gasteiger partial charge on any atom is 0.303 e. The van der Waals surface area contributed by atoms with Crippen molar-refractivity contribution >= 4 is 23.6 Å². The molecule has 1 unspecified atom stereocenters. The van der Waals surface area contributed by atoms with E-state index in [0.717, 1.165) is 30.6 Å². The normalized spacial score (nSPS) is 17.9. The van der Waals surface area contributed by atoms with E-state index in [0.29, 0.717) is 6.54 Å². The van der Waals surface area contributed by atoms with Crippen molar-refractivity contribution in [3.63, 3.8) is 0 Å². The Labute approximate surface area is 135 Å². The summed E-state index contributed by atoms with van der Waals surface area (Å²) in [7, 11) is 0. The molecule has 2 N–H and O–H groups in total. The van der Waals surface area contributed by atoms with Gasteiger partial charge in [-0.25, -0.2) is 0 Å². The highest BCUT2D eigenvalue weighted by Gasteiger charge is 2.42. The molecule has 120 valence electrons. The number of rotatable bonds is 7. The number of carbonyl (C=O) groups is 2. The number of carbonyl (C=O) groups excluding carboxylic acids is 1. The Morgan fingerprint density at radius 1 is 1.27 bits per heavy atom. The highest BCUT2D eigenvalue weighted by atomic mass is 32.2. The lowest BCUT2D eigenvalue weighted by Crippen LogP contribution is -2.44. The summed E-state index contributed by atoms with van der Waals surface area (Å²) in [5.41, 5.74) is 0. The van der Waals surface area contributed by atoms with Crippen LogP contribution in [0.3, 0.4) is 0 Å². The van der Waals surface area contributed by atoms with Gasteiger partial charge in [-0.1, -0.05) is 38.0 Å². The number of nitrogens with one attached hydrogen (secondary N) is 1. The highest BCUT2D eigenvalue weighted by Crippen LogP contribution is 2.45. The number of aliphatic carboxylic acids is 1. The minimum Gasteiger partial charge on any atom is -0.481 e. The van der Waals surface area contributed by atoms with E-state index in [1.54, 1.807) is 11.8 Å². The van der Waals surface area contributed by atoms with Crippen molar-refractivity contribution in [1.82, 2.24) is 5.32 Å². The first-order chi connectivity index (χ1) is 10.5. The Hall–Kier alpha value is -1.49.